The summed E-state index contributed by atoms with van der Waals surface area (Å²) in [4.78, 5) is 27.1. The van der Waals surface area contributed by atoms with Crippen molar-refractivity contribution in [2.45, 2.75) is 39.0 Å². The number of H-pyrrole nitrogens is 1. The summed E-state index contributed by atoms with van der Waals surface area (Å²) in [6, 6.07) is 0. The number of carbonyl (C=O) groups excluding carboxylic acids is 1. The quantitative estimate of drug-likeness (QED) is 0.709. The molecule has 0 radical (unpaired) electrons. The maximum absolute atomic E-state index is 11.8. The lowest BCUT2D eigenvalue weighted by molar-refractivity contribution is -0.147. The molecule has 3 N–H and O–H groups in total. The Kier molecular flexibility index (Phi) is 3.55. The highest BCUT2D eigenvalue weighted by Crippen LogP contribution is 2.37. The van der Waals surface area contributed by atoms with Gasteiger partial charge in [-0.05, 0) is 26.2 Å². The van der Waals surface area contributed by atoms with Crippen molar-refractivity contribution in [3.63, 3.8) is 0 Å². The monoisotopic (exact) mass is 266 g/mol. The second kappa shape index (κ2) is 4.99. The van der Waals surface area contributed by atoms with Gasteiger partial charge in [0.15, 0.2) is 0 Å². The summed E-state index contributed by atoms with van der Waals surface area (Å²) in [6.07, 6.45) is 2.58. The number of aliphatic carboxylic acids is 1. The molecule has 7 heteroatoms. The zero-order valence-electron chi connectivity index (χ0n) is 11.1. The SMILES string of the molecule is CCC(C)(CNC(=O)c1n[nH]c(C2CC2)n1)C(=O)O. The molecular formula is C12H18N4O3. The minimum Gasteiger partial charge on any atom is -0.481 e. The van der Waals surface area contributed by atoms with Crippen molar-refractivity contribution >= 4 is 11.9 Å². The van der Waals surface area contributed by atoms with Crippen molar-refractivity contribution in [3.8, 4) is 0 Å². The van der Waals surface area contributed by atoms with Crippen molar-refractivity contribution in [1.29, 1.82) is 0 Å². The van der Waals surface area contributed by atoms with Gasteiger partial charge in [-0.3, -0.25) is 14.7 Å². The average molecular weight is 266 g/mol. The number of hydrogen-bond acceptors (Lipinski definition) is 4. The number of carboxylic acid groups (broad SMARTS) is 1. The lowest BCUT2D eigenvalue weighted by atomic mass is 9.88. The molecule has 1 saturated carbocycles. The van der Waals surface area contributed by atoms with E-state index in [9.17, 15) is 9.59 Å². The van der Waals surface area contributed by atoms with Crippen molar-refractivity contribution in [2.24, 2.45) is 5.41 Å². The van der Waals surface area contributed by atoms with Crippen LogP contribution in [0.25, 0.3) is 0 Å². The molecule has 0 aliphatic heterocycles. The Labute approximate surface area is 110 Å². The molecule has 104 valence electrons. The summed E-state index contributed by atoms with van der Waals surface area (Å²) in [5.41, 5.74) is -0.967. The maximum Gasteiger partial charge on any atom is 0.311 e. The molecule has 1 fully saturated rings. The number of nitrogens with one attached hydrogen (secondary N) is 2. The number of amides is 1. The molecule has 1 aromatic rings. The summed E-state index contributed by atoms with van der Waals surface area (Å²) < 4.78 is 0. The highest BCUT2D eigenvalue weighted by atomic mass is 16.4. The molecule has 1 atom stereocenters. The van der Waals surface area contributed by atoms with Crippen LogP contribution in [-0.2, 0) is 4.79 Å². The second-order valence-electron chi connectivity index (χ2n) is 5.22. The molecule has 19 heavy (non-hydrogen) atoms. The summed E-state index contributed by atoms with van der Waals surface area (Å²) in [7, 11) is 0. The predicted octanol–water partition coefficient (Wildman–Crippen LogP) is 0.913. The molecule has 0 bridgehead atoms. The number of carbonyl (C=O) groups is 2. The van der Waals surface area contributed by atoms with Gasteiger partial charge >= 0.3 is 5.97 Å². The molecule has 1 aromatic heterocycles. The van der Waals surface area contributed by atoms with Gasteiger partial charge in [-0.1, -0.05) is 6.92 Å². The van der Waals surface area contributed by atoms with E-state index >= 15 is 0 Å². The molecule has 1 amide bonds. The number of aromatic nitrogens is 3. The van der Waals surface area contributed by atoms with Gasteiger partial charge in [0.1, 0.15) is 5.82 Å². The lowest BCUT2D eigenvalue weighted by Gasteiger charge is -2.22. The lowest BCUT2D eigenvalue weighted by Crippen LogP contribution is -2.40. The summed E-state index contributed by atoms with van der Waals surface area (Å²) in [6.45, 7) is 3.44. The normalized spacial score (nSPS) is 17.8. The van der Waals surface area contributed by atoms with Crippen LogP contribution in [0.1, 0.15) is 55.5 Å². The third-order valence-corrected chi connectivity index (χ3v) is 3.61. The van der Waals surface area contributed by atoms with Crippen LogP contribution in [0.3, 0.4) is 0 Å². The van der Waals surface area contributed by atoms with Crippen molar-refractivity contribution < 1.29 is 14.7 Å². The van der Waals surface area contributed by atoms with Gasteiger partial charge in [0, 0.05) is 12.5 Å². The molecule has 7 nitrogen and oxygen atoms in total. The van der Waals surface area contributed by atoms with Gasteiger partial charge in [0.25, 0.3) is 5.91 Å². The van der Waals surface area contributed by atoms with Crippen LogP contribution in [0.2, 0.25) is 0 Å². The van der Waals surface area contributed by atoms with E-state index < -0.39 is 17.3 Å². The van der Waals surface area contributed by atoms with E-state index in [1.54, 1.807) is 13.8 Å². The molecule has 1 aliphatic carbocycles. The Morgan fingerprint density at radius 3 is 2.74 bits per heavy atom. The Balaban J connectivity index is 1.94. The molecule has 1 aliphatic rings. The molecule has 0 saturated heterocycles. The van der Waals surface area contributed by atoms with Gasteiger partial charge in [-0.25, -0.2) is 4.98 Å². The van der Waals surface area contributed by atoms with E-state index in [4.69, 9.17) is 5.11 Å². The van der Waals surface area contributed by atoms with Gasteiger partial charge in [-0.2, -0.15) is 0 Å². The predicted molar refractivity (Wildman–Crippen MR) is 66.7 cm³/mol. The first kappa shape index (κ1) is 13.5. The molecular weight excluding hydrogens is 248 g/mol. The fourth-order valence-corrected chi connectivity index (χ4v) is 1.62. The Bertz CT molecular complexity index is 495. The van der Waals surface area contributed by atoms with Crippen LogP contribution in [-0.4, -0.2) is 38.7 Å². The standard InChI is InChI=1S/C12H18N4O3/c1-3-12(2,11(18)19)6-13-10(17)9-14-8(15-16-9)7-4-5-7/h7H,3-6H2,1-2H3,(H,13,17)(H,18,19)(H,14,15,16). The molecule has 1 heterocycles. The third-order valence-electron chi connectivity index (χ3n) is 3.61. The fraction of sp³-hybridized carbons (Fsp3) is 0.667. The van der Waals surface area contributed by atoms with Crippen molar-refractivity contribution in [1.82, 2.24) is 20.5 Å². The highest BCUT2D eigenvalue weighted by molar-refractivity contribution is 5.90. The molecule has 1 unspecified atom stereocenters. The number of aromatic amines is 1. The number of rotatable bonds is 6. The smallest absolute Gasteiger partial charge is 0.311 e. The summed E-state index contributed by atoms with van der Waals surface area (Å²) >= 11 is 0. The van der Waals surface area contributed by atoms with Crippen molar-refractivity contribution in [2.75, 3.05) is 6.54 Å². The fourth-order valence-electron chi connectivity index (χ4n) is 1.62. The van der Waals surface area contributed by atoms with Gasteiger partial charge < -0.3 is 10.4 Å². The minimum atomic E-state index is -0.967. The van der Waals surface area contributed by atoms with E-state index in [1.807, 2.05) is 0 Å². The van der Waals surface area contributed by atoms with Crippen LogP contribution in [0, 0.1) is 5.41 Å². The number of carboxylic acids is 1. The third kappa shape index (κ3) is 2.91. The van der Waals surface area contributed by atoms with Crippen LogP contribution < -0.4 is 5.32 Å². The number of nitrogens with zero attached hydrogens (tertiary/aromatic N) is 2. The van der Waals surface area contributed by atoms with E-state index in [0.29, 0.717) is 12.3 Å². The Morgan fingerprint density at radius 2 is 2.21 bits per heavy atom. The van der Waals surface area contributed by atoms with Gasteiger partial charge in [-0.15, -0.1) is 5.10 Å². The largest absolute Gasteiger partial charge is 0.481 e. The molecule has 0 spiro atoms. The van der Waals surface area contributed by atoms with E-state index in [2.05, 4.69) is 20.5 Å². The second-order valence-corrected chi connectivity index (χ2v) is 5.22. The molecule has 2 rings (SSSR count). The first-order valence-corrected chi connectivity index (χ1v) is 6.40. The Hall–Kier alpha value is -1.92. The highest BCUT2D eigenvalue weighted by Gasteiger charge is 2.32. The first-order valence-electron chi connectivity index (χ1n) is 6.40. The van der Waals surface area contributed by atoms with Crippen LogP contribution in [0.4, 0.5) is 0 Å². The topological polar surface area (TPSA) is 108 Å². The van der Waals surface area contributed by atoms with Crippen LogP contribution in [0.15, 0.2) is 0 Å². The minimum absolute atomic E-state index is 0.0605. The van der Waals surface area contributed by atoms with Gasteiger partial charge in [0.2, 0.25) is 5.82 Å². The number of hydrogen-bond donors (Lipinski definition) is 3. The van der Waals surface area contributed by atoms with Gasteiger partial charge in [0.05, 0.1) is 5.41 Å². The molecule has 0 aromatic carbocycles. The van der Waals surface area contributed by atoms with E-state index in [-0.39, 0.29) is 12.4 Å². The van der Waals surface area contributed by atoms with Crippen LogP contribution in [0.5, 0.6) is 0 Å². The zero-order chi connectivity index (χ0) is 14.0. The zero-order valence-corrected chi connectivity index (χ0v) is 11.1. The maximum atomic E-state index is 11.8. The van der Waals surface area contributed by atoms with E-state index in [0.717, 1.165) is 18.7 Å². The van der Waals surface area contributed by atoms with Crippen molar-refractivity contribution in [3.05, 3.63) is 11.6 Å². The Morgan fingerprint density at radius 1 is 1.53 bits per heavy atom. The van der Waals surface area contributed by atoms with Crippen LogP contribution >= 0.6 is 0 Å². The summed E-state index contributed by atoms with van der Waals surface area (Å²) in [5, 5.41) is 18.3. The average Bonchev–Trinajstić information content (AvgIpc) is 3.13. The van der Waals surface area contributed by atoms with E-state index in [1.165, 1.54) is 0 Å². The first-order chi connectivity index (χ1) is 8.96. The summed E-state index contributed by atoms with van der Waals surface area (Å²) in [5.74, 6) is -0.158.